The molecule has 1 aromatic heterocycles. The van der Waals surface area contributed by atoms with Gasteiger partial charge in [0.1, 0.15) is 5.92 Å². The summed E-state index contributed by atoms with van der Waals surface area (Å²) in [4.78, 5) is 16.9. The van der Waals surface area contributed by atoms with Gasteiger partial charge in [0.05, 0.1) is 18.9 Å². The van der Waals surface area contributed by atoms with Crippen LogP contribution in [0.2, 0.25) is 5.54 Å². The highest BCUT2D eigenvalue weighted by atomic mass is 79.9. The van der Waals surface area contributed by atoms with Crippen molar-refractivity contribution in [1.29, 1.82) is 5.26 Å². The van der Waals surface area contributed by atoms with E-state index in [1.54, 1.807) is 13.2 Å². The van der Waals surface area contributed by atoms with E-state index >= 15 is 0 Å². The number of ether oxygens (including phenoxy) is 1. The fourth-order valence-electron chi connectivity index (χ4n) is 2.95. The molecule has 0 aliphatic heterocycles. The van der Waals surface area contributed by atoms with Crippen molar-refractivity contribution in [3.63, 3.8) is 0 Å². The van der Waals surface area contributed by atoms with Gasteiger partial charge in [-0.3, -0.25) is 4.79 Å². The summed E-state index contributed by atoms with van der Waals surface area (Å²) in [5.41, 5.74) is 1.22. The maximum absolute atomic E-state index is 12.5. The van der Waals surface area contributed by atoms with E-state index in [1.807, 2.05) is 6.07 Å². The van der Waals surface area contributed by atoms with Gasteiger partial charge in [0.2, 0.25) is 5.88 Å². The summed E-state index contributed by atoms with van der Waals surface area (Å²) < 4.78 is 6.04. The topological polar surface area (TPSA) is 63.0 Å². The highest BCUT2D eigenvalue weighted by Crippen LogP contribution is 2.40. The predicted octanol–water partition coefficient (Wildman–Crippen LogP) is 1.91. The summed E-state index contributed by atoms with van der Waals surface area (Å²) in [7, 11) is 2.53. The van der Waals surface area contributed by atoms with Gasteiger partial charge < -0.3 is 4.74 Å². The Hall–Kier alpha value is -1.19. The Morgan fingerprint density at radius 2 is 2.29 bits per heavy atom. The van der Waals surface area contributed by atoms with Gasteiger partial charge in [-0.2, -0.15) is 5.26 Å². The summed E-state index contributed by atoms with van der Waals surface area (Å²) in [5, 5.41) is 9.18. The molecule has 4 atom stereocenters. The van der Waals surface area contributed by atoms with Crippen molar-refractivity contribution in [1.82, 2.24) is 4.98 Å². The molecule has 1 saturated carbocycles. The first kappa shape index (κ1) is 16.2. The van der Waals surface area contributed by atoms with E-state index in [4.69, 9.17) is 4.74 Å². The molecule has 2 rings (SSSR count). The molecule has 0 bridgehead atoms. The van der Waals surface area contributed by atoms with Crippen molar-refractivity contribution in [3.8, 4) is 11.9 Å². The van der Waals surface area contributed by atoms with Gasteiger partial charge in [0, 0.05) is 33.1 Å². The molecule has 1 fully saturated rings. The summed E-state index contributed by atoms with van der Waals surface area (Å²) in [5.74, 6) is 0.507. The summed E-state index contributed by atoms with van der Waals surface area (Å²) in [6.07, 6.45) is 1.28. The highest BCUT2D eigenvalue weighted by Gasteiger charge is 2.40. The van der Waals surface area contributed by atoms with Crippen LogP contribution in [0.25, 0.3) is 0 Å². The normalized spacial score (nSPS) is 29.1. The molecule has 112 valence electrons. The number of halogens is 1. The zero-order valence-corrected chi connectivity index (χ0v) is 16.1. The van der Waals surface area contributed by atoms with Crippen LogP contribution in [0.4, 0.5) is 0 Å². The van der Waals surface area contributed by atoms with Crippen molar-refractivity contribution in [2.24, 2.45) is 17.8 Å². The van der Waals surface area contributed by atoms with E-state index in [2.05, 4.69) is 33.9 Å². The van der Waals surface area contributed by atoms with Gasteiger partial charge in [-0.25, -0.2) is 4.98 Å². The number of Topliss-reactive ketones (excluding diaryl/α,β-unsaturated/α-hetero) is 1. The van der Waals surface area contributed by atoms with E-state index in [9.17, 15) is 10.1 Å². The second kappa shape index (κ2) is 6.71. The lowest BCUT2D eigenvalue weighted by Gasteiger charge is -2.35. The third-order valence-electron chi connectivity index (χ3n) is 4.52. The average molecular weight is 367 g/mol. The third-order valence-corrected chi connectivity index (χ3v) is 7.18. The van der Waals surface area contributed by atoms with Crippen LogP contribution in [0.5, 0.6) is 5.88 Å². The Labute approximate surface area is 136 Å². The lowest BCUT2D eigenvalue weighted by atomic mass is 9.73. The van der Waals surface area contributed by atoms with E-state index in [0.29, 0.717) is 30.2 Å². The third kappa shape index (κ3) is 3.35. The molecule has 1 aliphatic carbocycles. The second-order valence-electron chi connectivity index (χ2n) is 5.75. The van der Waals surface area contributed by atoms with E-state index in [-0.39, 0.29) is 11.7 Å². The molecule has 21 heavy (non-hydrogen) atoms. The number of hydrogen-bond acceptors (Lipinski definition) is 4. The number of rotatable bonds is 3. The number of carbonyl (C=O) groups is 1. The molecular weight excluding hydrogens is 348 g/mol. The molecule has 0 radical (unpaired) electrons. The van der Waals surface area contributed by atoms with Crippen LogP contribution in [0, 0.1) is 29.1 Å². The molecular formula is C15H19BrN2O2Si. The number of aromatic nitrogens is 1. The van der Waals surface area contributed by atoms with Crippen molar-refractivity contribution < 1.29 is 9.53 Å². The van der Waals surface area contributed by atoms with Crippen LogP contribution in [-0.2, 0) is 11.2 Å². The second-order valence-corrected chi connectivity index (χ2v) is 7.94. The first-order chi connectivity index (χ1) is 9.97. The standard InChI is InChI=1S/C15H19BrN2O2Si/c1-8-5-9(7-17)14(19)10(15(8)21)6-12-11(16)3-4-13(18-12)20-2/h3-4,8-10,15H,5-6H2,1-2,21H3/t8-,9?,10+,15+/m1/s1. The van der Waals surface area contributed by atoms with Crippen LogP contribution < -0.4 is 4.74 Å². The molecule has 0 saturated heterocycles. The van der Waals surface area contributed by atoms with Gasteiger partial charge in [0.15, 0.2) is 5.78 Å². The molecule has 0 aromatic carbocycles. The zero-order valence-electron chi connectivity index (χ0n) is 12.5. The minimum absolute atomic E-state index is 0.0899. The molecule has 0 amide bonds. The first-order valence-electron chi connectivity index (χ1n) is 7.10. The summed E-state index contributed by atoms with van der Waals surface area (Å²) in [6.45, 7) is 2.15. The van der Waals surface area contributed by atoms with Crippen LogP contribution in [0.15, 0.2) is 16.6 Å². The Balaban J connectivity index is 2.28. The number of methoxy groups -OCH3 is 1. The number of hydrogen-bond donors (Lipinski definition) is 0. The largest absolute Gasteiger partial charge is 0.481 e. The van der Waals surface area contributed by atoms with Crippen molar-refractivity contribution in [2.75, 3.05) is 7.11 Å². The Morgan fingerprint density at radius 1 is 1.57 bits per heavy atom. The SMILES string of the molecule is COc1ccc(Br)c(C[C@H]2C(=O)C(C#N)C[C@@H](C)[C@@H]2[SiH3])n1. The quantitative estimate of drug-likeness (QED) is 0.766. The minimum atomic E-state index is -0.459. The molecule has 1 heterocycles. The van der Waals surface area contributed by atoms with Gasteiger partial charge in [-0.05, 0) is 39.9 Å². The minimum Gasteiger partial charge on any atom is -0.481 e. The molecule has 0 N–H and O–H groups in total. The van der Waals surface area contributed by atoms with Crippen LogP contribution >= 0.6 is 15.9 Å². The molecule has 0 spiro atoms. The van der Waals surface area contributed by atoms with Gasteiger partial charge >= 0.3 is 0 Å². The number of nitrogens with zero attached hydrogens (tertiary/aromatic N) is 2. The Bertz CT molecular complexity index is 588. The van der Waals surface area contributed by atoms with Crippen LogP contribution in [-0.4, -0.2) is 28.1 Å². The smallest absolute Gasteiger partial charge is 0.213 e. The molecule has 1 unspecified atom stereocenters. The van der Waals surface area contributed by atoms with E-state index in [0.717, 1.165) is 20.4 Å². The summed E-state index contributed by atoms with van der Waals surface area (Å²) in [6, 6.07) is 5.84. The lowest BCUT2D eigenvalue weighted by Crippen LogP contribution is -2.37. The van der Waals surface area contributed by atoms with Gasteiger partial charge in [-0.1, -0.05) is 6.92 Å². The Kier molecular flexibility index (Phi) is 5.17. The first-order valence-corrected chi connectivity index (χ1v) is 9.05. The Morgan fingerprint density at radius 3 is 2.90 bits per heavy atom. The van der Waals surface area contributed by atoms with Crippen molar-refractivity contribution >= 4 is 32.0 Å². The number of carbonyl (C=O) groups excluding carboxylic acids is 1. The zero-order chi connectivity index (χ0) is 15.6. The fourth-order valence-corrected chi connectivity index (χ4v) is 4.17. The average Bonchev–Trinajstić information content (AvgIpc) is 2.49. The molecule has 1 aromatic rings. The van der Waals surface area contributed by atoms with Crippen LogP contribution in [0.1, 0.15) is 19.0 Å². The monoisotopic (exact) mass is 366 g/mol. The number of ketones is 1. The highest BCUT2D eigenvalue weighted by molar-refractivity contribution is 9.10. The maximum atomic E-state index is 12.5. The summed E-state index contributed by atoms with van der Waals surface area (Å²) >= 11 is 3.49. The van der Waals surface area contributed by atoms with E-state index in [1.165, 1.54) is 0 Å². The maximum Gasteiger partial charge on any atom is 0.213 e. The van der Waals surface area contributed by atoms with Gasteiger partial charge in [-0.15, -0.1) is 0 Å². The van der Waals surface area contributed by atoms with E-state index < -0.39 is 5.92 Å². The van der Waals surface area contributed by atoms with Crippen molar-refractivity contribution in [3.05, 3.63) is 22.3 Å². The predicted molar refractivity (Wildman–Crippen MR) is 87.3 cm³/mol. The molecule has 4 nitrogen and oxygen atoms in total. The number of nitriles is 1. The van der Waals surface area contributed by atoms with Crippen LogP contribution in [0.3, 0.4) is 0 Å². The van der Waals surface area contributed by atoms with Crippen molar-refractivity contribution in [2.45, 2.75) is 25.3 Å². The molecule has 1 aliphatic rings. The lowest BCUT2D eigenvalue weighted by molar-refractivity contribution is -0.128. The number of pyridine rings is 1. The molecule has 6 heteroatoms. The fraction of sp³-hybridized carbons (Fsp3) is 0.533. The van der Waals surface area contributed by atoms with Gasteiger partial charge in [0.25, 0.3) is 0 Å².